The fourth-order valence-corrected chi connectivity index (χ4v) is 3.16. The molecule has 0 aromatic heterocycles. The Kier molecular flexibility index (Phi) is 5.19. The second-order valence-corrected chi connectivity index (χ2v) is 6.83. The van der Waals surface area contributed by atoms with Gasteiger partial charge in [-0.25, -0.2) is 4.39 Å². The van der Waals surface area contributed by atoms with Crippen molar-refractivity contribution in [3.05, 3.63) is 34.1 Å². The van der Waals surface area contributed by atoms with Crippen LogP contribution in [0.25, 0.3) is 0 Å². The van der Waals surface area contributed by atoms with Gasteiger partial charge in [-0.1, -0.05) is 42.6 Å². The molecule has 1 aliphatic rings. The molecule has 1 aliphatic carbocycles. The zero-order valence-corrected chi connectivity index (χ0v) is 13.6. The summed E-state index contributed by atoms with van der Waals surface area (Å²) in [6.07, 6.45) is 4.40. The number of hydrogen-bond acceptors (Lipinski definition) is 1. The van der Waals surface area contributed by atoms with Crippen molar-refractivity contribution in [1.29, 1.82) is 0 Å². The van der Waals surface area contributed by atoms with Gasteiger partial charge in [0.1, 0.15) is 5.82 Å². The molecule has 0 heterocycles. The first-order valence-corrected chi connectivity index (χ1v) is 8.04. The predicted molar refractivity (Wildman–Crippen MR) is 82.2 cm³/mol. The first kappa shape index (κ1) is 15.5. The molecule has 2 rings (SSSR count). The molecule has 0 bridgehead atoms. The Morgan fingerprint density at radius 3 is 2.60 bits per heavy atom. The summed E-state index contributed by atoms with van der Waals surface area (Å²) in [5.41, 5.74) is 0.181. The van der Waals surface area contributed by atoms with Crippen molar-refractivity contribution in [2.45, 2.75) is 45.6 Å². The average molecular weight is 342 g/mol. The molecule has 0 spiro atoms. The number of hydrogen-bond donors (Lipinski definition) is 0. The van der Waals surface area contributed by atoms with E-state index in [4.69, 9.17) is 0 Å². The van der Waals surface area contributed by atoms with Gasteiger partial charge in [-0.05, 0) is 37.0 Å². The maximum Gasteiger partial charge on any atom is 0.257 e. The van der Waals surface area contributed by atoms with Crippen molar-refractivity contribution in [3.8, 4) is 0 Å². The highest BCUT2D eigenvalue weighted by molar-refractivity contribution is 9.10. The molecule has 0 N–H and O–H groups in total. The number of nitrogens with zero attached hydrogens (tertiary/aromatic N) is 1. The Hall–Kier alpha value is -0.900. The molecular formula is C16H21BrFNO. The number of rotatable bonds is 4. The van der Waals surface area contributed by atoms with Crippen molar-refractivity contribution in [2.24, 2.45) is 5.92 Å². The molecule has 0 radical (unpaired) electrons. The van der Waals surface area contributed by atoms with E-state index in [2.05, 4.69) is 29.8 Å². The van der Waals surface area contributed by atoms with Crippen LogP contribution in [0.2, 0.25) is 0 Å². The molecule has 2 nitrogen and oxygen atoms in total. The lowest BCUT2D eigenvalue weighted by Crippen LogP contribution is -2.41. The van der Waals surface area contributed by atoms with E-state index in [0.717, 1.165) is 25.7 Å². The second kappa shape index (κ2) is 6.70. The highest BCUT2D eigenvalue weighted by Crippen LogP contribution is 2.27. The summed E-state index contributed by atoms with van der Waals surface area (Å²) in [6.45, 7) is 4.87. The standard InChI is InChI=1S/C16H21BrFNO/c1-11(2)10-19(13-5-3-4-6-13)16(20)14-8-7-12(17)9-15(14)18/h7-9,11,13H,3-6,10H2,1-2H3. The van der Waals surface area contributed by atoms with Gasteiger partial charge >= 0.3 is 0 Å². The predicted octanol–water partition coefficient (Wildman–Crippen LogP) is 4.63. The van der Waals surface area contributed by atoms with Gasteiger partial charge in [0.05, 0.1) is 5.56 Å². The average Bonchev–Trinajstić information content (AvgIpc) is 2.88. The van der Waals surface area contributed by atoms with E-state index in [9.17, 15) is 9.18 Å². The van der Waals surface area contributed by atoms with Gasteiger partial charge in [-0.15, -0.1) is 0 Å². The fourth-order valence-electron chi connectivity index (χ4n) is 2.82. The number of amides is 1. The Morgan fingerprint density at radius 1 is 1.40 bits per heavy atom. The molecule has 0 saturated heterocycles. The molecule has 1 aromatic rings. The van der Waals surface area contributed by atoms with Crippen molar-refractivity contribution in [1.82, 2.24) is 4.90 Å². The van der Waals surface area contributed by atoms with E-state index >= 15 is 0 Å². The molecule has 4 heteroatoms. The zero-order chi connectivity index (χ0) is 14.7. The van der Waals surface area contributed by atoms with Gasteiger partial charge in [0.25, 0.3) is 5.91 Å². The lowest BCUT2D eigenvalue weighted by Gasteiger charge is -2.31. The normalized spacial score (nSPS) is 15.8. The number of carbonyl (C=O) groups excluding carboxylic acids is 1. The first-order chi connectivity index (χ1) is 9.49. The monoisotopic (exact) mass is 341 g/mol. The zero-order valence-electron chi connectivity index (χ0n) is 12.0. The summed E-state index contributed by atoms with van der Waals surface area (Å²) in [5.74, 6) is -0.232. The van der Waals surface area contributed by atoms with E-state index < -0.39 is 5.82 Å². The molecule has 0 aliphatic heterocycles. The topological polar surface area (TPSA) is 20.3 Å². The Balaban J connectivity index is 2.24. The maximum atomic E-state index is 14.0. The lowest BCUT2D eigenvalue weighted by atomic mass is 10.1. The van der Waals surface area contributed by atoms with Crippen LogP contribution in [0.3, 0.4) is 0 Å². The van der Waals surface area contributed by atoms with Crippen LogP contribution in [-0.2, 0) is 0 Å². The van der Waals surface area contributed by atoms with E-state index in [1.165, 1.54) is 6.07 Å². The Labute approximate surface area is 128 Å². The highest BCUT2D eigenvalue weighted by atomic mass is 79.9. The van der Waals surface area contributed by atoms with Gasteiger partial charge in [0.2, 0.25) is 0 Å². The van der Waals surface area contributed by atoms with Crippen LogP contribution < -0.4 is 0 Å². The third kappa shape index (κ3) is 3.60. The van der Waals surface area contributed by atoms with Crippen LogP contribution >= 0.6 is 15.9 Å². The summed E-state index contributed by atoms with van der Waals surface area (Å²) < 4.78 is 14.7. The number of benzene rings is 1. The number of halogens is 2. The molecule has 1 amide bonds. The van der Waals surface area contributed by atoms with E-state index in [0.29, 0.717) is 16.9 Å². The Morgan fingerprint density at radius 2 is 2.05 bits per heavy atom. The summed E-state index contributed by atoms with van der Waals surface area (Å²) in [5, 5.41) is 0. The molecule has 0 unspecified atom stereocenters. The third-order valence-electron chi connectivity index (χ3n) is 3.75. The van der Waals surface area contributed by atoms with Gasteiger partial charge in [0.15, 0.2) is 0 Å². The van der Waals surface area contributed by atoms with E-state index in [1.807, 2.05) is 4.90 Å². The van der Waals surface area contributed by atoms with Crippen LogP contribution in [0.4, 0.5) is 4.39 Å². The molecule has 1 fully saturated rings. The molecule has 0 atom stereocenters. The summed E-state index contributed by atoms with van der Waals surface area (Å²) in [4.78, 5) is 14.5. The minimum Gasteiger partial charge on any atom is -0.335 e. The smallest absolute Gasteiger partial charge is 0.257 e. The van der Waals surface area contributed by atoms with Gasteiger partial charge in [-0.2, -0.15) is 0 Å². The Bertz CT molecular complexity index is 483. The van der Waals surface area contributed by atoms with Crippen molar-refractivity contribution in [2.75, 3.05) is 6.54 Å². The van der Waals surface area contributed by atoms with Crippen LogP contribution in [0.15, 0.2) is 22.7 Å². The van der Waals surface area contributed by atoms with Crippen LogP contribution in [0.1, 0.15) is 49.9 Å². The SMILES string of the molecule is CC(C)CN(C(=O)c1ccc(Br)cc1F)C1CCCC1. The van der Waals surface area contributed by atoms with Crippen molar-refractivity contribution >= 4 is 21.8 Å². The van der Waals surface area contributed by atoms with Gasteiger partial charge in [0, 0.05) is 17.1 Å². The molecule has 1 aromatic carbocycles. The quantitative estimate of drug-likeness (QED) is 0.781. The van der Waals surface area contributed by atoms with E-state index in [1.54, 1.807) is 12.1 Å². The molecule has 1 saturated carbocycles. The summed E-state index contributed by atoms with van der Waals surface area (Å²) >= 11 is 3.22. The van der Waals surface area contributed by atoms with Gasteiger partial charge < -0.3 is 4.90 Å². The lowest BCUT2D eigenvalue weighted by molar-refractivity contribution is 0.0650. The van der Waals surface area contributed by atoms with Gasteiger partial charge in [-0.3, -0.25) is 4.79 Å². The maximum absolute atomic E-state index is 14.0. The van der Waals surface area contributed by atoms with E-state index in [-0.39, 0.29) is 17.5 Å². The van der Waals surface area contributed by atoms with Crippen molar-refractivity contribution in [3.63, 3.8) is 0 Å². The minimum atomic E-state index is -0.448. The summed E-state index contributed by atoms with van der Waals surface area (Å²) in [6, 6.07) is 4.92. The molecular weight excluding hydrogens is 321 g/mol. The largest absolute Gasteiger partial charge is 0.335 e. The van der Waals surface area contributed by atoms with Crippen molar-refractivity contribution < 1.29 is 9.18 Å². The fraction of sp³-hybridized carbons (Fsp3) is 0.562. The van der Waals surface area contributed by atoms with Crippen LogP contribution in [-0.4, -0.2) is 23.4 Å². The highest BCUT2D eigenvalue weighted by Gasteiger charge is 2.29. The first-order valence-electron chi connectivity index (χ1n) is 7.25. The molecule has 20 heavy (non-hydrogen) atoms. The number of carbonyl (C=O) groups is 1. The third-order valence-corrected chi connectivity index (χ3v) is 4.24. The van der Waals surface area contributed by atoms with Crippen LogP contribution in [0, 0.1) is 11.7 Å². The summed E-state index contributed by atoms with van der Waals surface area (Å²) in [7, 11) is 0. The second-order valence-electron chi connectivity index (χ2n) is 5.91. The van der Waals surface area contributed by atoms with Crippen LogP contribution in [0.5, 0.6) is 0 Å². The minimum absolute atomic E-state index is 0.171. The molecule has 110 valence electrons.